The molecule has 1 aromatic rings. The fourth-order valence-corrected chi connectivity index (χ4v) is 3.15. The highest BCUT2D eigenvalue weighted by molar-refractivity contribution is 5.89. The molecule has 7 nitrogen and oxygen atoms in total. The van der Waals surface area contributed by atoms with Crippen LogP contribution in [0, 0.1) is 17.2 Å². The molecule has 0 aliphatic heterocycles. The van der Waals surface area contributed by atoms with E-state index in [1.54, 1.807) is 24.3 Å². The number of nitrogens with zero attached hydrogens (tertiary/aromatic N) is 1. The van der Waals surface area contributed by atoms with Gasteiger partial charge in [0.15, 0.2) is 24.7 Å². The summed E-state index contributed by atoms with van der Waals surface area (Å²) in [5.41, 5.74) is 0.693. The molecule has 2 unspecified atom stereocenters. The number of nitrogens with one attached hydrogen (secondary N) is 1. The minimum atomic E-state index is -0.601. The summed E-state index contributed by atoms with van der Waals surface area (Å²) in [6.07, 6.45) is 7.19. The Hall–Kier alpha value is -3.01. The van der Waals surface area contributed by atoms with Crippen LogP contribution in [0.5, 0.6) is 11.5 Å². The van der Waals surface area contributed by atoms with Crippen LogP contribution in [0.25, 0.3) is 6.08 Å². The van der Waals surface area contributed by atoms with E-state index in [-0.39, 0.29) is 25.2 Å². The van der Waals surface area contributed by atoms with E-state index in [9.17, 15) is 9.59 Å². The maximum absolute atomic E-state index is 12.0. The Labute approximate surface area is 165 Å². The van der Waals surface area contributed by atoms with Crippen molar-refractivity contribution in [3.63, 3.8) is 0 Å². The summed E-state index contributed by atoms with van der Waals surface area (Å²) in [5, 5.41) is 11.5. The molecule has 1 aromatic carbocycles. The summed E-state index contributed by atoms with van der Waals surface area (Å²) in [5.74, 6) is 0.462. The number of amides is 1. The summed E-state index contributed by atoms with van der Waals surface area (Å²) in [6, 6.07) is 7.09. The van der Waals surface area contributed by atoms with Gasteiger partial charge in [-0.05, 0) is 42.5 Å². The second-order valence-electron chi connectivity index (χ2n) is 6.73. The molecule has 1 N–H and O–H groups in total. The molecular formula is C21H26N2O5. The first-order chi connectivity index (χ1) is 13.5. The van der Waals surface area contributed by atoms with Crippen LogP contribution in [0.2, 0.25) is 0 Å². The van der Waals surface area contributed by atoms with Gasteiger partial charge in [-0.15, -0.1) is 0 Å². The minimum Gasteiger partial charge on any atom is -0.493 e. The van der Waals surface area contributed by atoms with Crippen molar-refractivity contribution in [2.24, 2.45) is 5.92 Å². The summed E-state index contributed by atoms with van der Waals surface area (Å²) in [4.78, 5) is 23.8. The molecule has 0 spiro atoms. The number of nitriles is 1. The number of hydrogen-bond donors (Lipinski definition) is 1. The first kappa shape index (κ1) is 21.3. The molecular weight excluding hydrogens is 360 g/mol. The van der Waals surface area contributed by atoms with Crippen molar-refractivity contribution in [2.75, 3.05) is 20.3 Å². The van der Waals surface area contributed by atoms with Gasteiger partial charge in [0.2, 0.25) is 0 Å². The lowest BCUT2D eigenvalue weighted by molar-refractivity contribution is -0.144. The average molecular weight is 386 g/mol. The highest BCUT2D eigenvalue weighted by Crippen LogP contribution is 2.28. The van der Waals surface area contributed by atoms with Crippen molar-refractivity contribution in [3.8, 4) is 17.6 Å². The van der Waals surface area contributed by atoms with Gasteiger partial charge in [0, 0.05) is 12.1 Å². The van der Waals surface area contributed by atoms with Crippen molar-refractivity contribution in [3.05, 3.63) is 29.8 Å². The summed E-state index contributed by atoms with van der Waals surface area (Å²) in [6.45, 7) is 1.75. The lowest BCUT2D eigenvalue weighted by atomic mass is 9.86. The summed E-state index contributed by atoms with van der Waals surface area (Å²) in [7, 11) is 1.49. The molecule has 0 saturated heterocycles. The first-order valence-corrected chi connectivity index (χ1v) is 9.35. The van der Waals surface area contributed by atoms with E-state index in [0.29, 0.717) is 23.0 Å². The Kier molecular flexibility index (Phi) is 8.35. The summed E-state index contributed by atoms with van der Waals surface area (Å²) < 4.78 is 15.5. The standard InChI is InChI=1S/C21H26N2O5/c1-15-5-3-4-6-17(15)23-20(24)14-28-21(25)10-8-16-7-9-18(27-12-11-22)19(13-16)26-2/h7-10,13,15,17H,3-6,12,14H2,1-2H3,(H,23,24)/b10-8+. The third kappa shape index (κ3) is 6.62. The van der Waals surface area contributed by atoms with Crippen LogP contribution < -0.4 is 14.8 Å². The van der Waals surface area contributed by atoms with Gasteiger partial charge in [-0.2, -0.15) is 5.26 Å². The molecule has 150 valence electrons. The zero-order chi connectivity index (χ0) is 20.4. The van der Waals surface area contributed by atoms with E-state index in [4.69, 9.17) is 19.5 Å². The van der Waals surface area contributed by atoms with Gasteiger partial charge in [0.05, 0.1) is 7.11 Å². The fourth-order valence-electron chi connectivity index (χ4n) is 3.15. The predicted octanol–water partition coefficient (Wildman–Crippen LogP) is 2.85. The number of rotatable bonds is 8. The van der Waals surface area contributed by atoms with Crippen molar-refractivity contribution in [1.29, 1.82) is 5.26 Å². The number of carbonyl (C=O) groups excluding carboxylic acids is 2. The number of esters is 1. The fraction of sp³-hybridized carbons (Fsp3) is 0.476. The molecule has 0 aromatic heterocycles. The highest BCUT2D eigenvalue weighted by atomic mass is 16.5. The van der Waals surface area contributed by atoms with Gasteiger partial charge < -0.3 is 19.5 Å². The van der Waals surface area contributed by atoms with Crippen molar-refractivity contribution in [1.82, 2.24) is 5.32 Å². The molecule has 0 heterocycles. The third-order valence-corrected chi connectivity index (χ3v) is 4.70. The third-order valence-electron chi connectivity index (χ3n) is 4.70. The average Bonchev–Trinajstić information content (AvgIpc) is 2.71. The van der Waals surface area contributed by atoms with Crippen molar-refractivity contribution in [2.45, 2.75) is 38.6 Å². The van der Waals surface area contributed by atoms with Crippen LogP contribution in [-0.2, 0) is 14.3 Å². The maximum Gasteiger partial charge on any atom is 0.331 e. The zero-order valence-corrected chi connectivity index (χ0v) is 16.3. The van der Waals surface area contributed by atoms with E-state index in [1.165, 1.54) is 19.6 Å². The maximum atomic E-state index is 12.0. The smallest absolute Gasteiger partial charge is 0.331 e. The second-order valence-corrected chi connectivity index (χ2v) is 6.73. The number of carbonyl (C=O) groups is 2. The number of hydrogen-bond acceptors (Lipinski definition) is 6. The van der Waals surface area contributed by atoms with Crippen LogP contribution >= 0.6 is 0 Å². The van der Waals surface area contributed by atoms with Crippen molar-refractivity contribution < 1.29 is 23.8 Å². The molecule has 1 amide bonds. The molecule has 0 radical (unpaired) electrons. The molecule has 1 fully saturated rings. The largest absolute Gasteiger partial charge is 0.493 e. The lowest BCUT2D eigenvalue weighted by Crippen LogP contribution is -2.42. The second kappa shape index (κ2) is 11.0. The SMILES string of the molecule is COc1cc(/C=C/C(=O)OCC(=O)NC2CCCCC2C)ccc1OCC#N. The van der Waals surface area contributed by atoms with Crippen LogP contribution in [-0.4, -0.2) is 38.2 Å². The van der Waals surface area contributed by atoms with Crippen LogP contribution in [0.15, 0.2) is 24.3 Å². The molecule has 2 rings (SSSR count). The van der Waals surface area contributed by atoms with Crippen molar-refractivity contribution >= 4 is 18.0 Å². The Morgan fingerprint density at radius 1 is 1.29 bits per heavy atom. The number of ether oxygens (including phenoxy) is 3. The molecule has 1 aliphatic carbocycles. The molecule has 28 heavy (non-hydrogen) atoms. The van der Waals surface area contributed by atoms with Gasteiger partial charge in [-0.3, -0.25) is 4.79 Å². The Bertz CT molecular complexity index is 754. The van der Waals surface area contributed by atoms with Gasteiger partial charge in [0.1, 0.15) is 6.07 Å². The van der Waals surface area contributed by atoms with Crippen LogP contribution in [0.3, 0.4) is 0 Å². The monoisotopic (exact) mass is 386 g/mol. The minimum absolute atomic E-state index is 0.0838. The molecule has 7 heteroatoms. The van der Waals surface area contributed by atoms with E-state index >= 15 is 0 Å². The van der Waals surface area contributed by atoms with Gasteiger partial charge in [-0.25, -0.2) is 4.79 Å². The van der Waals surface area contributed by atoms with Gasteiger partial charge >= 0.3 is 5.97 Å². The zero-order valence-electron chi connectivity index (χ0n) is 16.3. The number of methoxy groups -OCH3 is 1. The Balaban J connectivity index is 1.82. The molecule has 1 saturated carbocycles. The quantitative estimate of drug-likeness (QED) is 0.545. The normalized spacial score (nSPS) is 18.9. The van der Waals surface area contributed by atoms with Crippen LogP contribution in [0.1, 0.15) is 38.2 Å². The Morgan fingerprint density at radius 3 is 2.79 bits per heavy atom. The van der Waals surface area contributed by atoms with E-state index in [2.05, 4.69) is 12.2 Å². The van der Waals surface area contributed by atoms with E-state index in [1.807, 2.05) is 6.07 Å². The Morgan fingerprint density at radius 2 is 2.07 bits per heavy atom. The molecule has 0 bridgehead atoms. The highest BCUT2D eigenvalue weighted by Gasteiger charge is 2.22. The summed E-state index contributed by atoms with van der Waals surface area (Å²) >= 11 is 0. The predicted molar refractivity (Wildman–Crippen MR) is 104 cm³/mol. The van der Waals surface area contributed by atoms with Crippen LogP contribution in [0.4, 0.5) is 0 Å². The first-order valence-electron chi connectivity index (χ1n) is 9.35. The molecule has 2 atom stereocenters. The lowest BCUT2D eigenvalue weighted by Gasteiger charge is -2.29. The van der Waals surface area contributed by atoms with E-state index in [0.717, 1.165) is 19.3 Å². The van der Waals surface area contributed by atoms with Gasteiger partial charge in [-0.1, -0.05) is 25.8 Å². The van der Waals surface area contributed by atoms with Gasteiger partial charge in [0.25, 0.3) is 5.91 Å². The topological polar surface area (TPSA) is 97.7 Å². The number of benzene rings is 1. The molecule has 1 aliphatic rings. The van der Waals surface area contributed by atoms with E-state index < -0.39 is 5.97 Å².